The Morgan fingerprint density at radius 3 is 2.57 bits per heavy atom. The van der Waals surface area contributed by atoms with Gasteiger partial charge in [-0.3, -0.25) is 0 Å². The zero-order chi connectivity index (χ0) is 15.5. The van der Waals surface area contributed by atoms with Gasteiger partial charge in [-0.2, -0.15) is 0 Å². The highest BCUT2D eigenvalue weighted by atomic mass is 32.1. The number of hydrogen-bond acceptors (Lipinski definition) is 5. The summed E-state index contributed by atoms with van der Waals surface area (Å²) in [5, 5.41) is 4.73. The Labute approximate surface area is 132 Å². The molecule has 0 atom stereocenters. The van der Waals surface area contributed by atoms with Crippen LogP contribution < -0.4 is 10.2 Å². The number of thiazole rings is 1. The predicted molar refractivity (Wildman–Crippen MR) is 90.3 cm³/mol. The van der Waals surface area contributed by atoms with Gasteiger partial charge in [0.1, 0.15) is 0 Å². The lowest BCUT2D eigenvalue weighted by Crippen LogP contribution is -2.36. The third-order valence-corrected chi connectivity index (χ3v) is 5.11. The molecule has 21 heavy (non-hydrogen) atoms. The lowest BCUT2D eigenvalue weighted by atomic mass is 10.1. The van der Waals surface area contributed by atoms with Crippen molar-refractivity contribution in [3.63, 3.8) is 0 Å². The normalized spacial score (nSPS) is 17.2. The minimum absolute atomic E-state index is 0.141. The summed E-state index contributed by atoms with van der Waals surface area (Å²) in [4.78, 5) is 8.60. The molecule has 0 aliphatic carbocycles. The fourth-order valence-electron chi connectivity index (χ4n) is 2.51. The molecule has 0 bridgehead atoms. The van der Waals surface area contributed by atoms with Crippen molar-refractivity contribution >= 4 is 16.5 Å². The third-order valence-electron chi connectivity index (χ3n) is 3.92. The summed E-state index contributed by atoms with van der Waals surface area (Å²) in [5.74, 6) is 0. The van der Waals surface area contributed by atoms with Crippen molar-refractivity contribution in [3.05, 3.63) is 10.6 Å². The zero-order valence-electron chi connectivity index (χ0n) is 14.0. The Balaban J connectivity index is 2.08. The van der Waals surface area contributed by atoms with Crippen molar-refractivity contribution in [3.8, 4) is 0 Å². The molecule has 1 aliphatic rings. The first kappa shape index (κ1) is 16.7. The lowest BCUT2D eigenvalue weighted by molar-refractivity contribution is 0.0855. The van der Waals surface area contributed by atoms with Gasteiger partial charge in [0.25, 0.3) is 0 Å². The van der Waals surface area contributed by atoms with Crippen LogP contribution in [0.5, 0.6) is 0 Å². The van der Waals surface area contributed by atoms with Crippen LogP contribution >= 0.6 is 11.3 Å². The van der Waals surface area contributed by atoms with Crippen LogP contribution in [-0.2, 0) is 17.7 Å². The van der Waals surface area contributed by atoms with Crippen LogP contribution in [0.15, 0.2) is 0 Å². The fraction of sp³-hybridized carbons (Fsp3) is 0.812. The number of rotatable bonds is 5. The SMILES string of the molecule is CCc1nc(N(C)C2CCOCC2)sc1CNC(C)(C)C. The maximum absolute atomic E-state index is 5.46. The molecule has 0 saturated carbocycles. The van der Waals surface area contributed by atoms with Crippen LogP contribution in [0.1, 0.15) is 51.1 Å². The molecule has 1 N–H and O–H groups in total. The highest BCUT2D eigenvalue weighted by molar-refractivity contribution is 7.15. The molecule has 1 saturated heterocycles. The first-order chi connectivity index (χ1) is 9.90. The second-order valence-corrected chi connectivity index (χ2v) is 7.84. The van der Waals surface area contributed by atoms with E-state index in [4.69, 9.17) is 9.72 Å². The van der Waals surface area contributed by atoms with Crippen molar-refractivity contribution in [2.75, 3.05) is 25.2 Å². The number of nitrogens with zero attached hydrogens (tertiary/aromatic N) is 2. The van der Waals surface area contributed by atoms with Crippen LogP contribution in [0.2, 0.25) is 0 Å². The highest BCUT2D eigenvalue weighted by Gasteiger charge is 2.22. The maximum Gasteiger partial charge on any atom is 0.185 e. The van der Waals surface area contributed by atoms with E-state index in [-0.39, 0.29) is 5.54 Å². The van der Waals surface area contributed by atoms with Gasteiger partial charge < -0.3 is 15.0 Å². The average Bonchev–Trinajstić information content (AvgIpc) is 2.88. The second kappa shape index (κ2) is 7.07. The summed E-state index contributed by atoms with van der Waals surface area (Å²) in [6, 6.07) is 0.568. The largest absolute Gasteiger partial charge is 0.381 e. The lowest BCUT2D eigenvalue weighted by Gasteiger charge is -2.30. The standard InChI is InChI=1S/C16H29N3OS/c1-6-13-14(11-17-16(2,3)4)21-15(18-13)19(5)12-7-9-20-10-8-12/h12,17H,6-11H2,1-5H3. The summed E-state index contributed by atoms with van der Waals surface area (Å²) >= 11 is 1.84. The molecule has 1 aromatic rings. The number of nitrogens with one attached hydrogen (secondary N) is 1. The molecule has 1 aromatic heterocycles. The summed E-state index contributed by atoms with van der Waals surface area (Å²) in [5.41, 5.74) is 1.38. The van der Waals surface area contributed by atoms with Crippen molar-refractivity contribution in [2.45, 2.75) is 65.1 Å². The third kappa shape index (κ3) is 4.66. The summed E-state index contributed by atoms with van der Waals surface area (Å²) in [7, 11) is 2.18. The maximum atomic E-state index is 5.46. The fourth-order valence-corrected chi connectivity index (χ4v) is 3.63. The molecule has 2 rings (SSSR count). The Morgan fingerprint density at radius 1 is 1.33 bits per heavy atom. The van der Waals surface area contributed by atoms with Gasteiger partial charge >= 0.3 is 0 Å². The van der Waals surface area contributed by atoms with E-state index < -0.39 is 0 Å². The number of ether oxygens (including phenoxy) is 1. The minimum Gasteiger partial charge on any atom is -0.381 e. The molecule has 2 heterocycles. The van der Waals surface area contributed by atoms with Crippen LogP contribution in [0, 0.1) is 0 Å². The molecule has 1 fully saturated rings. The molecule has 5 heteroatoms. The molecule has 1 aliphatic heterocycles. The first-order valence-electron chi connectivity index (χ1n) is 7.95. The van der Waals surface area contributed by atoms with Crippen LogP contribution in [0.4, 0.5) is 5.13 Å². The molecule has 0 aromatic carbocycles. The van der Waals surface area contributed by atoms with Gasteiger partial charge in [-0.1, -0.05) is 6.92 Å². The number of anilines is 1. The van der Waals surface area contributed by atoms with E-state index in [1.54, 1.807) is 0 Å². The molecule has 120 valence electrons. The number of aromatic nitrogens is 1. The summed E-state index contributed by atoms with van der Waals surface area (Å²) < 4.78 is 5.46. The van der Waals surface area contributed by atoms with E-state index in [1.807, 2.05) is 11.3 Å². The molecule has 0 spiro atoms. The van der Waals surface area contributed by atoms with E-state index >= 15 is 0 Å². The Morgan fingerprint density at radius 2 is 2.00 bits per heavy atom. The summed E-state index contributed by atoms with van der Waals surface area (Å²) in [6.07, 6.45) is 3.21. The topological polar surface area (TPSA) is 37.4 Å². The van der Waals surface area contributed by atoms with Crippen LogP contribution in [-0.4, -0.2) is 36.8 Å². The molecule has 0 unspecified atom stereocenters. The number of hydrogen-bond donors (Lipinski definition) is 1. The highest BCUT2D eigenvalue weighted by Crippen LogP contribution is 2.29. The zero-order valence-corrected chi connectivity index (χ0v) is 14.8. The molecule has 4 nitrogen and oxygen atoms in total. The molecular weight excluding hydrogens is 282 g/mol. The van der Waals surface area contributed by atoms with Gasteiger partial charge in [0, 0.05) is 43.3 Å². The molecule has 0 radical (unpaired) electrons. The second-order valence-electron chi connectivity index (χ2n) is 6.78. The van der Waals surface area contributed by atoms with E-state index in [1.165, 1.54) is 10.6 Å². The van der Waals surface area contributed by atoms with Crippen molar-refractivity contribution in [1.82, 2.24) is 10.3 Å². The average molecular weight is 311 g/mol. The smallest absolute Gasteiger partial charge is 0.185 e. The van der Waals surface area contributed by atoms with E-state index in [2.05, 4.69) is 45.0 Å². The van der Waals surface area contributed by atoms with Gasteiger partial charge in [0.15, 0.2) is 5.13 Å². The monoisotopic (exact) mass is 311 g/mol. The van der Waals surface area contributed by atoms with E-state index in [9.17, 15) is 0 Å². The Bertz CT molecular complexity index is 447. The van der Waals surface area contributed by atoms with Gasteiger partial charge in [0.05, 0.1) is 5.69 Å². The van der Waals surface area contributed by atoms with Crippen molar-refractivity contribution in [2.24, 2.45) is 0 Å². The minimum atomic E-state index is 0.141. The van der Waals surface area contributed by atoms with E-state index in [0.717, 1.165) is 44.2 Å². The van der Waals surface area contributed by atoms with Gasteiger partial charge in [0.2, 0.25) is 0 Å². The summed E-state index contributed by atoms with van der Waals surface area (Å²) in [6.45, 7) is 11.5. The van der Waals surface area contributed by atoms with E-state index in [0.29, 0.717) is 6.04 Å². The van der Waals surface area contributed by atoms with Crippen molar-refractivity contribution in [1.29, 1.82) is 0 Å². The van der Waals surface area contributed by atoms with Gasteiger partial charge in [-0.25, -0.2) is 4.98 Å². The molecule has 0 amide bonds. The van der Waals surface area contributed by atoms with Crippen LogP contribution in [0.25, 0.3) is 0 Å². The number of aryl methyl sites for hydroxylation is 1. The first-order valence-corrected chi connectivity index (χ1v) is 8.76. The molecular formula is C16H29N3OS. The van der Waals surface area contributed by atoms with Crippen molar-refractivity contribution < 1.29 is 4.74 Å². The van der Waals surface area contributed by atoms with Crippen LogP contribution in [0.3, 0.4) is 0 Å². The predicted octanol–water partition coefficient (Wildman–Crippen LogP) is 3.21. The van der Waals surface area contributed by atoms with Gasteiger partial charge in [-0.05, 0) is 40.0 Å². The Hall–Kier alpha value is -0.650. The Kier molecular flexibility index (Phi) is 5.63. The quantitative estimate of drug-likeness (QED) is 0.906. The van der Waals surface area contributed by atoms with Gasteiger partial charge in [-0.15, -0.1) is 11.3 Å².